The number of fused-ring (bicyclic) bond motifs is 1. The van der Waals surface area contributed by atoms with E-state index >= 15 is 0 Å². The zero-order valence-electron chi connectivity index (χ0n) is 12.0. The molecule has 3 N–H and O–H groups in total. The van der Waals surface area contributed by atoms with Crippen LogP contribution in [-0.4, -0.2) is 17.4 Å². The highest BCUT2D eigenvalue weighted by Crippen LogP contribution is 2.25. The molecule has 0 aliphatic heterocycles. The number of hydrogen-bond donors (Lipinski definition) is 2. The number of rotatable bonds is 5. The summed E-state index contributed by atoms with van der Waals surface area (Å²) in [5.41, 5.74) is 8.50. The fourth-order valence-corrected chi connectivity index (χ4v) is 2.36. The maximum atomic E-state index is 12.3. The minimum Gasteiger partial charge on any atom is -0.330 e. The predicted molar refractivity (Wildman–Crippen MR) is 82.6 cm³/mol. The number of nitrogens with two attached hydrogens (primary N) is 1. The smallest absolute Gasteiger partial charge is 0.228 e. The van der Waals surface area contributed by atoms with Crippen LogP contribution >= 0.6 is 0 Å². The Hall–Kier alpha value is -1.94. The van der Waals surface area contributed by atoms with E-state index in [2.05, 4.69) is 17.2 Å². The van der Waals surface area contributed by atoms with Crippen LogP contribution in [0.5, 0.6) is 0 Å². The Balaban J connectivity index is 2.30. The van der Waals surface area contributed by atoms with Gasteiger partial charge in [0.1, 0.15) is 0 Å². The first kappa shape index (κ1) is 14.5. The van der Waals surface area contributed by atoms with Gasteiger partial charge in [0, 0.05) is 18.1 Å². The van der Waals surface area contributed by atoms with Gasteiger partial charge in [0.05, 0.1) is 17.1 Å². The van der Waals surface area contributed by atoms with E-state index in [-0.39, 0.29) is 11.8 Å². The Morgan fingerprint density at radius 3 is 2.90 bits per heavy atom. The minimum absolute atomic E-state index is 0.0108. The van der Waals surface area contributed by atoms with Crippen LogP contribution in [-0.2, 0) is 4.79 Å². The first-order chi connectivity index (χ1) is 9.67. The largest absolute Gasteiger partial charge is 0.330 e. The van der Waals surface area contributed by atoms with Crippen molar-refractivity contribution in [3.05, 3.63) is 36.0 Å². The zero-order chi connectivity index (χ0) is 14.5. The lowest BCUT2D eigenvalue weighted by atomic mass is 10.0. The summed E-state index contributed by atoms with van der Waals surface area (Å²) in [6.07, 6.45) is 3.52. The lowest BCUT2D eigenvalue weighted by Crippen LogP contribution is -2.29. The number of carbonyl (C=O) groups is 1. The molecule has 0 bridgehead atoms. The second-order valence-corrected chi connectivity index (χ2v) is 5.04. The number of hydrogen-bond acceptors (Lipinski definition) is 3. The number of aryl methyl sites for hydroxylation is 1. The van der Waals surface area contributed by atoms with Crippen LogP contribution < -0.4 is 11.1 Å². The summed E-state index contributed by atoms with van der Waals surface area (Å²) in [6, 6.07) is 7.76. The molecule has 0 spiro atoms. The quantitative estimate of drug-likeness (QED) is 0.878. The first-order valence-corrected chi connectivity index (χ1v) is 7.02. The van der Waals surface area contributed by atoms with E-state index in [1.165, 1.54) is 0 Å². The molecule has 106 valence electrons. The summed E-state index contributed by atoms with van der Waals surface area (Å²) in [5, 5.41) is 3.95. The van der Waals surface area contributed by atoms with Crippen molar-refractivity contribution in [2.75, 3.05) is 11.9 Å². The second-order valence-electron chi connectivity index (χ2n) is 5.04. The summed E-state index contributed by atoms with van der Waals surface area (Å²) in [6.45, 7) is 4.45. The van der Waals surface area contributed by atoms with Gasteiger partial charge in [-0.15, -0.1) is 0 Å². The molecule has 1 atom stereocenters. The maximum absolute atomic E-state index is 12.3. The fraction of sp³-hybridized carbons (Fsp3) is 0.375. The van der Waals surface area contributed by atoms with Gasteiger partial charge in [0.2, 0.25) is 5.91 Å². The second kappa shape index (κ2) is 6.48. The van der Waals surface area contributed by atoms with Crippen molar-refractivity contribution in [2.45, 2.75) is 26.7 Å². The van der Waals surface area contributed by atoms with Crippen LogP contribution in [0.4, 0.5) is 5.69 Å². The van der Waals surface area contributed by atoms with E-state index in [9.17, 15) is 4.79 Å². The van der Waals surface area contributed by atoms with Crippen molar-refractivity contribution in [1.82, 2.24) is 4.98 Å². The molecule has 1 amide bonds. The molecule has 0 saturated heterocycles. The van der Waals surface area contributed by atoms with E-state index in [1.54, 1.807) is 6.20 Å². The van der Waals surface area contributed by atoms with Gasteiger partial charge >= 0.3 is 0 Å². The van der Waals surface area contributed by atoms with Gasteiger partial charge in [0.15, 0.2) is 0 Å². The van der Waals surface area contributed by atoms with Gasteiger partial charge in [-0.3, -0.25) is 9.78 Å². The van der Waals surface area contributed by atoms with Crippen molar-refractivity contribution in [2.24, 2.45) is 11.7 Å². The van der Waals surface area contributed by atoms with Gasteiger partial charge in [-0.1, -0.05) is 19.4 Å². The van der Waals surface area contributed by atoms with Crippen LogP contribution in [0.25, 0.3) is 10.9 Å². The van der Waals surface area contributed by atoms with E-state index < -0.39 is 0 Å². The molecule has 1 heterocycles. The van der Waals surface area contributed by atoms with Crippen LogP contribution in [0.1, 0.15) is 25.3 Å². The van der Waals surface area contributed by atoms with Gasteiger partial charge in [-0.2, -0.15) is 0 Å². The SMILES string of the molecule is CCCC(CN)C(=O)Nc1ccc(C)c2ncccc12. The molecule has 1 aromatic heterocycles. The van der Waals surface area contributed by atoms with Crippen LogP contribution in [0.2, 0.25) is 0 Å². The summed E-state index contributed by atoms with van der Waals surface area (Å²) in [4.78, 5) is 16.6. The summed E-state index contributed by atoms with van der Waals surface area (Å²) in [5.74, 6) is -0.142. The molecule has 2 aromatic rings. The van der Waals surface area contributed by atoms with E-state index in [0.29, 0.717) is 6.54 Å². The molecule has 0 aliphatic rings. The third-order valence-electron chi connectivity index (χ3n) is 3.52. The van der Waals surface area contributed by atoms with Crippen molar-refractivity contribution < 1.29 is 4.79 Å². The van der Waals surface area contributed by atoms with Crippen molar-refractivity contribution in [1.29, 1.82) is 0 Å². The van der Waals surface area contributed by atoms with Crippen LogP contribution in [0, 0.1) is 12.8 Å². The lowest BCUT2D eigenvalue weighted by Gasteiger charge is -2.15. The Labute approximate surface area is 119 Å². The Bertz CT molecular complexity index is 610. The van der Waals surface area contributed by atoms with Crippen molar-refractivity contribution >= 4 is 22.5 Å². The molecule has 0 saturated carbocycles. The van der Waals surface area contributed by atoms with Crippen molar-refractivity contribution in [3.8, 4) is 0 Å². The highest BCUT2D eigenvalue weighted by Gasteiger charge is 2.17. The number of carbonyl (C=O) groups excluding carboxylic acids is 1. The number of amides is 1. The molecule has 0 fully saturated rings. The van der Waals surface area contributed by atoms with Crippen LogP contribution in [0.15, 0.2) is 30.5 Å². The summed E-state index contributed by atoms with van der Waals surface area (Å²) >= 11 is 0. The normalized spacial score (nSPS) is 12.3. The maximum Gasteiger partial charge on any atom is 0.228 e. The minimum atomic E-state index is -0.131. The number of nitrogens with zero attached hydrogens (tertiary/aromatic N) is 1. The number of pyridine rings is 1. The predicted octanol–water partition coefficient (Wildman–Crippen LogP) is 2.86. The molecular weight excluding hydrogens is 250 g/mol. The molecule has 2 rings (SSSR count). The van der Waals surface area contributed by atoms with Crippen LogP contribution in [0.3, 0.4) is 0 Å². The lowest BCUT2D eigenvalue weighted by molar-refractivity contribution is -0.119. The number of aromatic nitrogens is 1. The molecule has 4 heteroatoms. The summed E-state index contributed by atoms with van der Waals surface area (Å²) in [7, 11) is 0. The van der Waals surface area contributed by atoms with Gasteiger partial charge in [-0.05, 0) is 37.1 Å². The van der Waals surface area contributed by atoms with Gasteiger partial charge in [0.25, 0.3) is 0 Å². The molecule has 0 aliphatic carbocycles. The average molecular weight is 271 g/mol. The van der Waals surface area contributed by atoms with E-state index in [1.807, 2.05) is 31.2 Å². The molecule has 1 unspecified atom stereocenters. The molecule has 20 heavy (non-hydrogen) atoms. The Kier molecular flexibility index (Phi) is 4.69. The Morgan fingerprint density at radius 2 is 2.20 bits per heavy atom. The number of anilines is 1. The molecule has 1 aromatic carbocycles. The zero-order valence-corrected chi connectivity index (χ0v) is 12.0. The van der Waals surface area contributed by atoms with E-state index in [0.717, 1.165) is 35.0 Å². The molecule has 4 nitrogen and oxygen atoms in total. The fourth-order valence-electron chi connectivity index (χ4n) is 2.36. The topological polar surface area (TPSA) is 68.0 Å². The standard InChI is InChI=1S/C16H21N3O/c1-3-5-12(10-17)16(20)19-14-8-7-11(2)15-13(14)6-4-9-18-15/h4,6-9,12H,3,5,10,17H2,1-2H3,(H,19,20). The Morgan fingerprint density at radius 1 is 1.40 bits per heavy atom. The first-order valence-electron chi connectivity index (χ1n) is 7.02. The van der Waals surface area contributed by atoms with E-state index in [4.69, 9.17) is 5.73 Å². The highest BCUT2D eigenvalue weighted by atomic mass is 16.1. The summed E-state index contributed by atoms with van der Waals surface area (Å²) < 4.78 is 0. The highest BCUT2D eigenvalue weighted by molar-refractivity contribution is 6.02. The number of benzene rings is 1. The monoisotopic (exact) mass is 271 g/mol. The van der Waals surface area contributed by atoms with Gasteiger partial charge < -0.3 is 11.1 Å². The van der Waals surface area contributed by atoms with Crippen molar-refractivity contribution in [3.63, 3.8) is 0 Å². The third kappa shape index (κ3) is 2.96. The molecule has 0 radical (unpaired) electrons. The molecular formula is C16H21N3O. The average Bonchev–Trinajstić information content (AvgIpc) is 2.48. The number of nitrogens with one attached hydrogen (secondary N) is 1. The third-order valence-corrected chi connectivity index (χ3v) is 3.52. The van der Waals surface area contributed by atoms with Gasteiger partial charge in [-0.25, -0.2) is 0 Å².